The van der Waals surface area contributed by atoms with Crippen molar-refractivity contribution in [1.29, 1.82) is 0 Å². The van der Waals surface area contributed by atoms with Crippen molar-refractivity contribution in [3.63, 3.8) is 0 Å². The van der Waals surface area contributed by atoms with Crippen LogP contribution in [0.5, 0.6) is 0 Å². The van der Waals surface area contributed by atoms with Crippen LogP contribution in [0.15, 0.2) is 27.8 Å². The molecule has 1 saturated heterocycles. The lowest BCUT2D eigenvalue weighted by molar-refractivity contribution is -0.151. The normalized spacial score (nSPS) is 25.5. The third-order valence-electron chi connectivity index (χ3n) is 5.74. The average molecular weight is 489 g/mol. The van der Waals surface area contributed by atoms with Crippen LogP contribution in [0.4, 0.5) is 0 Å². The van der Waals surface area contributed by atoms with Crippen molar-refractivity contribution in [2.45, 2.75) is 75.7 Å². The summed E-state index contributed by atoms with van der Waals surface area (Å²) in [4.78, 5) is 4.82. The molecule has 0 radical (unpaired) electrons. The first-order chi connectivity index (χ1) is 12.8. The Morgan fingerprint density at radius 2 is 1.85 bits per heavy atom. The summed E-state index contributed by atoms with van der Waals surface area (Å²) in [5, 5.41) is 7.31. The number of guanidine groups is 1. The van der Waals surface area contributed by atoms with Crippen LogP contribution >= 0.6 is 24.0 Å². The molecule has 1 aromatic heterocycles. The van der Waals surface area contributed by atoms with Crippen molar-refractivity contribution >= 4 is 29.9 Å². The minimum absolute atomic E-state index is 0. The van der Waals surface area contributed by atoms with E-state index in [0.717, 1.165) is 57.2 Å². The molecule has 4 rings (SSSR count). The van der Waals surface area contributed by atoms with Gasteiger partial charge in [-0.1, -0.05) is 19.3 Å². The zero-order valence-electron chi connectivity index (χ0n) is 16.0. The minimum atomic E-state index is -0.345. The van der Waals surface area contributed by atoms with Gasteiger partial charge in [-0.15, -0.1) is 24.0 Å². The third-order valence-corrected chi connectivity index (χ3v) is 5.74. The Hall–Kier alpha value is -0.800. The lowest BCUT2D eigenvalue weighted by Gasteiger charge is -2.27. The summed E-state index contributed by atoms with van der Waals surface area (Å²) in [7, 11) is 0. The van der Waals surface area contributed by atoms with E-state index < -0.39 is 0 Å². The molecule has 1 unspecified atom stereocenters. The van der Waals surface area contributed by atoms with Gasteiger partial charge in [0.25, 0.3) is 0 Å². The maximum absolute atomic E-state index is 5.86. The highest BCUT2D eigenvalue weighted by molar-refractivity contribution is 14.0. The van der Waals surface area contributed by atoms with Crippen molar-refractivity contribution in [3.05, 3.63) is 24.2 Å². The van der Waals surface area contributed by atoms with Crippen LogP contribution in [-0.2, 0) is 15.9 Å². The molecular weight excluding hydrogens is 457 g/mol. The smallest absolute Gasteiger partial charge is 0.191 e. The summed E-state index contributed by atoms with van der Waals surface area (Å²) >= 11 is 0. The SMILES string of the molecule is I.c1coc(CCN=C(NC2CCCCC2)NC2CCC3(C2)OCCO3)c1. The lowest BCUT2D eigenvalue weighted by Crippen LogP contribution is -2.48. The zero-order valence-corrected chi connectivity index (χ0v) is 18.3. The van der Waals surface area contributed by atoms with Crippen LogP contribution in [0.3, 0.4) is 0 Å². The fourth-order valence-electron chi connectivity index (χ4n) is 4.36. The molecule has 1 aromatic rings. The van der Waals surface area contributed by atoms with Gasteiger partial charge in [-0.2, -0.15) is 0 Å². The highest BCUT2D eigenvalue weighted by Gasteiger charge is 2.44. The minimum Gasteiger partial charge on any atom is -0.469 e. The van der Waals surface area contributed by atoms with E-state index >= 15 is 0 Å². The highest BCUT2D eigenvalue weighted by Crippen LogP contribution is 2.37. The Bertz CT molecular complexity index is 581. The second-order valence-electron chi connectivity index (χ2n) is 7.73. The van der Waals surface area contributed by atoms with E-state index in [-0.39, 0.29) is 29.8 Å². The number of rotatable bonds is 5. The monoisotopic (exact) mass is 489 g/mol. The number of hydrogen-bond donors (Lipinski definition) is 2. The number of aliphatic imine (C=N–C) groups is 1. The summed E-state index contributed by atoms with van der Waals surface area (Å²) in [6, 6.07) is 4.82. The standard InChI is InChI=1S/C20H31N3O3.HI/c1-2-5-16(6-3-1)22-19(21-11-9-18-7-4-12-24-18)23-17-8-10-20(15-17)25-13-14-26-20;/h4,7,12,16-17H,1-3,5-6,8-11,13-15H2,(H2,21,22,23);1H. The van der Waals surface area contributed by atoms with E-state index in [9.17, 15) is 0 Å². The first kappa shape index (κ1) is 20.9. The molecule has 0 amide bonds. The van der Waals surface area contributed by atoms with Crippen LogP contribution < -0.4 is 10.6 Å². The summed E-state index contributed by atoms with van der Waals surface area (Å²) in [6.07, 6.45) is 11.9. The zero-order chi connectivity index (χ0) is 17.7. The fourth-order valence-corrected chi connectivity index (χ4v) is 4.36. The van der Waals surface area contributed by atoms with Crippen molar-refractivity contribution < 1.29 is 13.9 Å². The van der Waals surface area contributed by atoms with Gasteiger partial charge in [0, 0.05) is 37.9 Å². The summed E-state index contributed by atoms with van der Waals surface area (Å²) in [5.41, 5.74) is 0. The van der Waals surface area contributed by atoms with Crippen LogP contribution in [0, 0.1) is 0 Å². The number of halogens is 1. The molecule has 1 aliphatic heterocycles. The predicted molar refractivity (Wildman–Crippen MR) is 116 cm³/mol. The van der Waals surface area contributed by atoms with Gasteiger partial charge in [0.05, 0.1) is 19.5 Å². The largest absolute Gasteiger partial charge is 0.469 e. The molecule has 3 fully saturated rings. The number of furan rings is 1. The molecule has 0 bridgehead atoms. The Morgan fingerprint density at radius 3 is 2.59 bits per heavy atom. The average Bonchev–Trinajstić information content (AvgIpc) is 3.40. The summed E-state index contributed by atoms with van der Waals surface area (Å²) in [6.45, 7) is 2.16. The van der Waals surface area contributed by atoms with E-state index in [1.807, 2.05) is 12.1 Å². The Balaban J connectivity index is 0.00000210. The number of ether oxygens (including phenoxy) is 2. The molecule has 152 valence electrons. The molecule has 2 saturated carbocycles. The second-order valence-corrected chi connectivity index (χ2v) is 7.73. The van der Waals surface area contributed by atoms with Gasteiger partial charge in [0.2, 0.25) is 0 Å². The van der Waals surface area contributed by atoms with Gasteiger partial charge in [0.1, 0.15) is 5.76 Å². The maximum Gasteiger partial charge on any atom is 0.191 e. The van der Waals surface area contributed by atoms with Gasteiger partial charge in [-0.05, 0) is 31.4 Å². The topological polar surface area (TPSA) is 68.0 Å². The predicted octanol–water partition coefficient (Wildman–Crippen LogP) is 3.60. The van der Waals surface area contributed by atoms with Crippen LogP contribution in [-0.4, -0.2) is 43.6 Å². The number of nitrogens with zero attached hydrogens (tertiary/aromatic N) is 1. The van der Waals surface area contributed by atoms with Gasteiger partial charge < -0.3 is 24.5 Å². The van der Waals surface area contributed by atoms with E-state index in [1.165, 1.54) is 32.1 Å². The van der Waals surface area contributed by atoms with Gasteiger partial charge >= 0.3 is 0 Å². The van der Waals surface area contributed by atoms with Crippen molar-refractivity contribution in [2.75, 3.05) is 19.8 Å². The summed E-state index contributed by atoms with van der Waals surface area (Å²) < 4.78 is 17.1. The van der Waals surface area contributed by atoms with Gasteiger partial charge in [-0.25, -0.2) is 0 Å². The quantitative estimate of drug-likeness (QED) is 0.376. The maximum atomic E-state index is 5.86. The third kappa shape index (κ3) is 5.84. The molecule has 1 atom stereocenters. The van der Waals surface area contributed by atoms with Gasteiger partial charge in [-0.3, -0.25) is 4.99 Å². The van der Waals surface area contributed by atoms with Crippen molar-refractivity contribution in [3.8, 4) is 0 Å². The Labute approximate surface area is 178 Å². The molecule has 2 heterocycles. The van der Waals surface area contributed by atoms with Crippen LogP contribution in [0.2, 0.25) is 0 Å². The van der Waals surface area contributed by atoms with Gasteiger partial charge in [0.15, 0.2) is 11.7 Å². The summed E-state index contributed by atoms with van der Waals surface area (Å²) in [5.74, 6) is 1.57. The van der Waals surface area contributed by atoms with E-state index in [1.54, 1.807) is 6.26 Å². The Morgan fingerprint density at radius 1 is 1.07 bits per heavy atom. The molecular formula is C20H32IN3O3. The van der Waals surface area contributed by atoms with Crippen molar-refractivity contribution in [2.24, 2.45) is 4.99 Å². The molecule has 27 heavy (non-hydrogen) atoms. The van der Waals surface area contributed by atoms with Crippen LogP contribution in [0.1, 0.15) is 57.1 Å². The molecule has 0 aromatic carbocycles. The lowest BCUT2D eigenvalue weighted by atomic mass is 9.96. The van der Waals surface area contributed by atoms with Crippen LogP contribution in [0.25, 0.3) is 0 Å². The molecule has 6 nitrogen and oxygen atoms in total. The first-order valence-electron chi connectivity index (χ1n) is 10.2. The second kappa shape index (κ2) is 10.1. The molecule has 2 N–H and O–H groups in total. The van der Waals surface area contributed by atoms with Crippen molar-refractivity contribution in [1.82, 2.24) is 10.6 Å². The molecule has 1 spiro atoms. The molecule has 2 aliphatic carbocycles. The highest BCUT2D eigenvalue weighted by atomic mass is 127. The first-order valence-corrected chi connectivity index (χ1v) is 10.2. The van der Waals surface area contributed by atoms with E-state index in [0.29, 0.717) is 12.1 Å². The molecule has 3 aliphatic rings. The fraction of sp³-hybridized carbons (Fsp3) is 0.750. The van der Waals surface area contributed by atoms with E-state index in [4.69, 9.17) is 18.9 Å². The Kier molecular flexibility index (Phi) is 7.84. The number of hydrogen-bond acceptors (Lipinski definition) is 4. The molecule has 7 heteroatoms. The number of nitrogens with one attached hydrogen (secondary N) is 2. The van der Waals surface area contributed by atoms with E-state index in [2.05, 4.69) is 10.6 Å².